The molecule has 1 saturated heterocycles. The SMILES string of the molecule is CCC(OC(=O)OCOc1c2n(cc(C(=O)NCc3ccc(F)cc3F)c1=O)C[C@H]1OC[C@H](C)N1C2=O)(C(=O)O)N(C)C. The number of halogens is 2. The molecule has 43 heavy (non-hydrogen) atoms. The van der Waals surface area contributed by atoms with Gasteiger partial charge in [-0.25, -0.2) is 18.4 Å². The largest absolute Gasteiger partial charge is 0.513 e. The molecule has 1 fully saturated rings. The van der Waals surface area contributed by atoms with Gasteiger partial charge in [0.25, 0.3) is 17.5 Å². The van der Waals surface area contributed by atoms with E-state index in [9.17, 15) is 37.9 Å². The van der Waals surface area contributed by atoms with Gasteiger partial charge in [-0.2, -0.15) is 0 Å². The van der Waals surface area contributed by atoms with Crippen molar-refractivity contribution in [3.63, 3.8) is 0 Å². The van der Waals surface area contributed by atoms with Crippen LogP contribution in [-0.4, -0.2) is 88.9 Å². The number of hydrogen-bond acceptors (Lipinski definition) is 10. The third-order valence-electron chi connectivity index (χ3n) is 7.21. The van der Waals surface area contributed by atoms with Crippen LogP contribution in [0.3, 0.4) is 0 Å². The summed E-state index contributed by atoms with van der Waals surface area (Å²) >= 11 is 0. The molecule has 2 N–H and O–H groups in total. The Balaban J connectivity index is 1.61. The van der Waals surface area contributed by atoms with Crippen LogP contribution in [0.2, 0.25) is 0 Å². The second kappa shape index (κ2) is 12.3. The molecule has 2 aliphatic rings. The highest BCUT2D eigenvalue weighted by atomic mass is 19.1. The minimum Gasteiger partial charge on any atom is -0.477 e. The first kappa shape index (κ1) is 31.4. The number of likely N-dealkylation sites (N-methyl/N-ethyl adjacent to an activating group) is 1. The van der Waals surface area contributed by atoms with Crippen molar-refractivity contribution in [2.75, 3.05) is 27.5 Å². The first-order valence-electron chi connectivity index (χ1n) is 13.1. The first-order valence-corrected chi connectivity index (χ1v) is 13.1. The topological polar surface area (TPSA) is 166 Å². The summed E-state index contributed by atoms with van der Waals surface area (Å²) in [6.45, 7) is 2.11. The van der Waals surface area contributed by atoms with Gasteiger partial charge in [-0.15, -0.1) is 0 Å². The highest BCUT2D eigenvalue weighted by Gasteiger charge is 2.45. The van der Waals surface area contributed by atoms with Gasteiger partial charge in [-0.05, 0) is 27.1 Å². The summed E-state index contributed by atoms with van der Waals surface area (Å²) < 4.78 is 49.6. The molecular weight excluding hydrogens is 578 g/mol. The minimum atomic E-state index is -2.05. The number of ether oxygens (including phenoxy) is 4. The zero-order valence-corrected chi connectivity index (χ0v) is 23.7. The number of carboxylic acid groups (broad SMARTS) is 1. The van der Waals surface area contributed by atoms with Crippen LogP contribution in [-0.2, 0) is 32.1 Å². The van der Waals surface area contributed by atoms with Crippen molar-refractivity contribution in [1.82, 2.24) is 19.7 Å². The van der Waals surface area contributed by atoms with E-state index in [1.165, 1.54) is 30.5 Å². The van der Waals surface area contributed by atoms with Crippen LogP contribution in [0.4, 0.5) is 13.6 Å². The average molecular weight is 609 g/mol. The highest BCUT2D eigenvalue weighted by molar-refractivity contribution is 5.99. The Morgan fingerprint density at radius 1 is 1.23 bits per heavy atom. The molecule has 1 unspecified atom stereocenters. The molecular formula is C27H30F2N4O10. The Kier molecular flexibility index (Phi) is 9.01. The van der Waals surface area contributed by atoms with E-state index in [2.05, 4.69) is 5.32 Å². The lowest BCUT2D eigenvalue weighted by Gasteiger charge is -2.34. The van der Waals surface area contributed by atoms with Crippen molar-refractivity contribution in [3.05, 3.63) is 63.1 Å². The van der Waals surface area contributed by atoms with Gasteiger partial charge in [0.2, 0.25) is 18.0 Å². The number of aromatic nitrogens is 1. The van der Waals surface area contributed by atoms with Gasteiger partial charge < -0.3 is 38.8 Å². The quantitative estimate of drug-likeness (QED) is 0.297. The molecule has 16 heteroatoms. The Hall–Kier alpha value is -4.57. The third-order valence-corrected chi connectivity index (χ3v) is 7.21. The molecule has 2 aromatic rings. The fourth-order valence-corrected chi connectivity index (χ4v) is 4.86. The number of benzene rings is 1. The van der Waals surface area contributed by atoms with Crippen molar-refractivity contribution in [2.24, 2.45) is 0 Å². The Bertz CT molecular complexity index is 1510. The van der Waals surface area contributed by atoms with Crippen LogP contribution in [0.15, 0.2) is 29.2 Å². The molecule has 3 heterocycles. The minimum absolute atomic E-state index is 0.0261. The van der Waals surface area contributed by atoms with Gasteiger partial charge in [0, 0.05) is 30.8 Å². The maximum Gasteiger partial charge on any atom is 0.513 e. The maximum atomic E-state index is 14.1. The third kappa shape index (κ3) is 6.01. The maximum absolute atomic E-state index is 14.1. The second-order valence-electron chi connectivity index (χ2n) is 10.1. The van der Waals surface area contributed by atoms with E-state index in [0.29, 0.717) is 6.07 Å². The van der Waals surface area contributed by atoms with Gasteiger partial charge >= 0.3 is 12.1 Å². The number of amides is 2. The fraction of sp³-hybridized carbons (Fsp3) is 0.444. The smallest absolute Gasteiger partial charge is 0.477 e. The molecule has 0 aliphatic carbocycles. The number of carbonyl (C=O) groups excluding carboxylic acids is 3. The van der Waals surface area contributed by atoms with Gasteiger partial charge in [0.1, 0.15) is 17.2 Å². The zero-order chi connectivity index (χ0) is 31.6. The normalized spacial score (nSPS) is 18.9. The van der Waals surface area contributed by atoms with Crippen molar-refractivity contribution in [2.45, 2.75) is 51.4 Å². The van der Waals surface area contributed by atoms with Crippen LogP contribution in [0.25, 0.3) is 0 Å². The monoisotopic (exact) mass is 608 g/mol. The molecule has 2 aliphatic heterocycles. The average Bonchev–Trinajstić information content (AvgIpc) is 3.32. The van der Waals surface area contributed by atoms with E-state index in [1.807, 2.05) is 0 Å². The summed E-state index contributed by atoms with van der Waals surface area (Å²) in [5, 5.41) is 12.0. The Morgan fingerprint density at radius 3 is 2.58 bits per heavy atom. The summed E-state index contributed by atoms with van der Waals surface area (Å²) in [4.78, 5) is 66.7. The highest BCUT2D eigenvalue weighted by Crippen LogP contribution is 2.30. The van der Waals surface area contributed by atoms with Gasteiger partial charge in [-0.1, -0.05) is 13.0 Å². The number of hydrogen-bond donors (Lipinski definition) is 2. The Morgan fingerprint density at radius 2 is 1.95 bits per heavy atom. The number of carboxylic acids is 1. The van der Waals surface area contributed by atoms with E-state index in [0.717, 1.165) is 23.2 Å². The molecule has 0 radical (unpaired) electrons. The predicted octanol–water partition coefficient (Wildman–Crippen LogP) is 1.50. The standard InChI is InChI=1S/C27H30F2N4O10/c1-5-27(25(37)38,31(3)4)43-26(39)42-13-41-22-20-24(36)33-14(2)12-40-19(33)11-32(20)10-17(21(22)34)23(35)30-9-15-6-7-16(28)8-18(15)29/h6-8,10,14,19H,5,9,11-13H2,1-4H3,(H,30,35)(H,37,38)/t14-,19+,27?/m0/s1. The van der Waals surface area contributed by atoms with Crippen molar-refractivity contribution >= 4 is 23.9 Å². The first-order chi connectivity index (χ1) is 20.3. The van der Waals surface area contributed by atoms with Gasteiger partial charge in [0.05, 0.1) is 19.2 Å². The van der Waals surface area contributed by atoms with Gasteiger partial charge in [-0.3, -0.25) is 19.3 Å². The molecule has 0 saturated carbocycles. The number of rotatable bonds is 10. The Labute approximate surface area is 243 Å². The van der Waals surface area contributed by atoms with E-state index in [1.54, 1.807) is 6.92 Å². The number of fused-ring (bicyclic) bond motifs is 2. The van der Waals surface area contributed by atoms with E-state index >= 15 is 0 Å². The molecule has 232 valence electrons. The van der Waals surface area contributed by atoms with E-state index in [-0.39, 0.29) is 43.4 Å². The van der Waals surface area contributed by atoms with Crippen LogP contribution < -0.4 is 15.5 Å². The summed E-state index contributed by atoms with van der Waals surface area (Å²) in [6, 6.07) is 2.45. The summed E-state index contributed by atoms with van der Waals surface area (Å²) in [6.07, 6.45) is -1.12. The van der Waals surface area contributed by atoms with Crippen molar-refractivity contribution in [3.8, 4) is 5.75 Å². The molecule has 3 atom stereocenters. The molecule has 1 aromatic heterocycles. The summed E-state index contributed by atoms with van der Waals surface area (Å²) in [7, 11) is 2.77. The fourth-order valence-electron chi connectivity index (χ4n) is 4.86. The van der Waals surface area contributed by atoms with E-state index in [4.69, 9.17) is 18.9 Å². The second-order valence-corrected chi connectivity index (χ2v) is 10.1. The molecule has 1 aromatic carbocycles. The van der Waals surface area contributed by atoms with Gasteiger partial charge in [0.15, 0.2) is 11.9 Å². The lowest BCUT2D eigenvalue weighted by Crippen LogP contribution is -2.54. The lowest BCUT2D eigenvalue weighted by atomic mass is 10.1. The number of carbonyl (C=O) groups is 4. The molecule has 2 amide bonds. The van der Waals surface area contributed by atoms with Crippen molar-refractivity contribution < 1.29 is 52.0 Å². The summed E-state index contributed by atoms with van der Waals surface area (Å²) in [5.74, 6) is -5.38. The number of pyridine rings is 1. The predicted molar refractivity (Wildman–Crippen MR) is 141 cm³/mol. The van der Waals surface area contributed by atoms with Crippen LogP contribution in [0.5, 0.6) is 5.75 Å². The van der Waals surface area contributed by atoms with Crippen LogP contribution >= 0.6 is 0 Å². The van der Waals surface area contributed by atoms with Crippen LogP contribution in [0, 0.1) is 11.6 Å². The molecule has 4 rings (SSSR count). The summed E-state index contributed by atoms with van der Waals surface area (Å²) in [5.41, 5.74) is -3.86. The molecule has 14 nitrogen and oxygen atoms in total. The van der Waals surface area contributed by atoms with E-state index < -0.39 is 71.1 Å². The number of nitrogens with one attached hydrogen (secondary N) is 1. The lowest BCUT2D eigenvalue weighted by molar-refractivity contribution is -0.184. The molecule has 0 spiro atoms. The van der Waals surface area contributed by atoms with Crippen molar-refractivity contribution in [1.29, 1.82) is 0 Å². The molecule has 0 bridgehead atoms. The van der Waals surface area contributed by atoms with Crippen LogP contribution in [0.1, 0.15) is 46.7 Å². The number of nitrogens with zero attached hydrogens (tertiary/aromatic N) is 3. The number of aliphatic carboxylic acids is 1. The zero-order valence-electron chi connectivity index (χ0n) is 23.7.